The van der Waals surface area contributed by atoms with Crippen LogP contribution in [0.4, 0.5) is 8.78 Å². The Kier molecular flexibility index (Phi) is 6.44. The molecule has 0 fully saturated rings. The molecule has 5 heteroatoms. The van der Waals surface area contributed by atoms with Gasteiger partial charge in [0.15, 0.2) is 0 Å². The molecule has 1 heterocycles. The number of H-pyrrole nitrogens is 1. The first-order valence-electron chi connectivity index (χ1n) is 8.11. The number of ketones is 1. The van der Waals surface area contributed by atoms with Gasteiger partial charge in [-0.3, -0.25) is 4.79 Å². The molecular formula is C18H22F2N2O. The van der Waals surface area contributed by atoms with E-state index in [1.165, 1.54) is 12.1 Å². The van der Waals surface area contributed by atoms with E-state index in [1.807, 2.05) is 6.92 Å². The minimum absolute atomic E-state index is 0.321. The van der Waals surface area contributed by atoms with Crippen LogP contribution in [0.15, 0.2) is 24.4 Å². The van der Waals surface area contributed by atoms with Crippen molar-refractivity contribution in [1.82, 2.24) is 9.97 Å². The van der Waals surface area contributed by atoms with Crippen LogP contribution in [0.5, 0.6) is 0 Å². The molecule has 2 rings (SSSR count). The molecule has 0 amide bonds. The van der Waals surface area contributed by atoms with Crippen LogP contribution in [0.25, 0.3) is 11.3 Å². The molecule has 124 valence electrons. The zero-order chi connectivity index (χ0) is 16.7. The number of aryl methyl sites for hydroxylation is 1. The summed E-state index contributed by atoms with van der Waals surface area (Å²) in [7, 11) is 0. The first-order valence-corrected chi connectivity index (χ1v) is 8.11. The van der Waals surface area contributed by atoms with E-state index in [1.54, 1.807) is 6.20 Å². The maximum atomic E-state index is 13.7. The number of carbonyl (C=O) groups is 1. The highest BCUT2D eigenvalue weighted by atomic mass is 19.1. The number of carbonyl (C=O) groups excluding carboxylic acids is 1. The normalized spacial score (nSPS) is 10.9. The molecule has 0 unspecified atom stereocenters. The lowest BCUT2D eigenvalue weighted by Gasteiger charge is -2.01. The maximum Gasteiger partial charge on any atom is 0.135 e. The average Bonchev–Trinajstić information content (AvgIpc) is 2.99. The molecule has 0 radical (unpaired) electrons. The molecule has 0 atom stereocenters. The van der Waals surface area contributed by atoms with Crippen molar-refractivity contribution in [3.8, 4) is 11.3 Å². The van der Waals surface area contributed by atoms with Crippen LogP contribution in [0.1, 0.15) is 51.3 Å². The minimum Gasteiger partial charge on any atom is -0.342 e. The fourth-order valence-electron chi connectivity index (χ4n) is 2.48. The smallest absolute Gasteiger partial charge is 0.135 e. The van der Waals surface area contributed by atoms with Gasteiger partial charge in [0.25, 0.3) is 0 Å². The van der Waals surface area contributed by atoms with Gasteiger partial charge >= 0.3 is 0 Å². The number of benzene rings is 1. The lowest BCUT2D eigenvalue weighted by Crippen LogP contribution is -1.95. The Morgan fingerprint density at radius 1 is 1.17 bits per heavy atom. The summed E-state index contributed by atoms with van der Waals surface area (Å²) in [6.45, 7) is 1.89. The maximum absolute atomic E-state index is 13.7. The number of unbranched alkanes of at least 4 members (excludes halogenated alkanes) is 3. The number of hydrogen-bond acceptors (Lipinski definition) is 2. The van der Waals surface area contributed by atoms with Gasteiger partial charge in [0.05, 0.1) is 11.9 Å². The van der Waals surface area contributed by atoms with Gasteiger partial charge in [-0.15, -0.1) is 0 Å². The molecule has 0 saturated heterocycles. The third-order valence-corrected chi connectivity index (χ3v) is 3.86. The SMILES string of the molecule is CCC(=O)CCCCCCc1ncc(-c2ccc(F)cc2F)[nH]1. The second-order valence-corrected chi connectivity index (χ2v) is 5.67. The van der Waals surface area contributed by atoms with E-state index in [0.29, 0.717) is 29.9 Å². The number of halogens is 2. The lowest BCUT2D eigenvalue weighted by atomic mass is 10.1. The van der Waals surface area contributed by atoms with E-state index in [4.69, 9.17) is 0 Å². The third-order valence-electron chi connectivity index (χ3n) is 3.86. The molecule has 1 aromatic carbocycles. The number of nitrogens with one attached hydrogen (secondary N) is 1. The molecule has 0 saturated carbocycles. The second-order valence-electron chi connectivity index (χ2n) is 5.67. The van der Waals surface area contributed by atoms with E-state index in [9.17, 15) is 13.6 Å². The molecule has 23 heavy (non-hydrogen) atoms. The topological polar surface area (TPSA) is 45.8 Å². The molecule has 0 aliphatic rings. The Balaban J connectivity index is 1.78. The van der Waals surface area contributed by atoms with Crippen molar-refractivity contribution in [2.75, 3.05) is 0 Å². The molecule has 1 N–H and O–H groups in total. The molecule has 0 bridgehead atoms. The van der Waals surface area contributed by atoms with Crippen molar-refractivity contribution in [2.45, 2.75) is 51.9 Å². The van der Waals surface area contributed by atoms with E-state index in [0.717, 1.165) is 44.0 Å². The van der Waals surface area contributed by atoms with Gasteiger partial charge in [0.2, 0.25) is 0 Å². The third kappa shape index (κ3) is 5.27. The van der Waals surface area contributed by atoms with Gasteiger partial charge < -0.3 is 4.98 Å². The monoisotopic (exact) mass is 320 g/mol. The number of imidazole rings is 1. The van der Waals surface area contributed by atoms with Crippen molar-refractivity contribution in [2.24, 2.45) is 0 Å². The van der Waals surface area contributed by atoms with Crippen LogP contribution < -0.4 is 0 Å². The molecule has 0 aliphatic carbocycles. The van der Waals surface area contributed by atoms with Crippen molar-refractivity contribution in [3.05, 3.63) is 41.9 Å². The largest absolute Gasteiger partial charge is 0.342 e. The summed E-state index contributed by atoms with van der Waals surface area (Å²) < 4.78 is 26.6. The van der Waals surface area contributed by atoms with Crippen LogP contribution >= 0.6 is 0 Å². The zero-order valence-corrected chi connectivity index (χ0v) is 13.4. The summed E-state index contributed by atoms with van der Waals surface area (Å²) in [6.07, 6.45) is 7.64. The lowest BCUT2D eigenvalue weighted by molar-refractivity contribution is -0.118. The molecule has 0 spiro atoms. The Hall–Kier alpha value is -2.04. The predicted molar refractivity (Wildman–Crippen MR) is 86.0 cm³/mol. The number of aromatic amines is 1. The summed E-state index contributed by atoms with van der Waals surface area (Å²) in [5.41, 5.74) is 0.884. The predicted octanol–water partition coefficient (Wildman–Crippen LogP) is 4.83. The van der Waals surface area contributed by atoms with E-state index >= 15 is 0 Å². The van der Waals surface area contributed by atoms with Gasteiger partial charge in [0.1, 0.15) is 23.2 Å². The fourth-order valence-corrected chi connectivity index (χ4v) is 2.48. The zero-order valence-electron chi connectivity index (χ0n) is 13.4. The molecule has 1 aromatic heterocycles. The Morgan fingerprint density at radius 3 is 2.70 bits per heavy atom. The van der Waals surface area contributed by atoms with Crippen LogP contribution in [0, 0.1) is 11.6 Å². The number of rotatable bonds is 9. The Bertz CT molecular complexity index is 652. The number of aromatic nitrogens is 2. The van der Waals surface area contributed by atoms with Gasteiger partial charge in [-0.25, -0.2) is 13.8 Å². The van der Waals surface area contributed by atoms with Crippen molar-refractivity contribution in [1.29, 1.82) is 0 Å². The van der Waals surface area contributed by atoms with E-state index < -0.39 is 11.6 Å². The van der Waals surface area contributed by atoms with Crippen LogP contribution in [-0.4, -0.2) is 15.8 Å². The number of Topliss-reactive ketones (excluding diaryl/α,β-unsaturated/α-hetero) is 1. The van der Waals surface area contributed by atoms with Gasteiger partial charge in [-0.2, -0.15) is 0 Å². The summed E-state index contributed by atoms with van der Waals surface area (Å²) in [5.74, 6) is -0.0660. The highest BCUT2D eigenvalue weighted by molar-refractivity contribution is 5.77. The van der Waals surface area contributed by atoms with Gasteiger partial charge in [0, 0.05) is 30.9 Å². The molecule has 2 aromatic rings. The summed E-state index contributed by atoms with van der Waals surface area (Å²) in [6, 6.07) is 3.51. The summed E-state index contributed by atoms with van der Waals surface area (Å²) >= 11 is 0. The second kappa shape index (κ2) is 8.56. The standard InChI is InChI=1S/C18H22F2N2O/c1-2-14(23)7-5-3-4-6-8-18-21-12-17(22-18)15-10-9-13(19)11-16(15)20/h9-12H,2-8H2,1H3,(H,21,22). The molecule has 0 aliphatic heterocycles. The van der Waals surface area contributed by atoms with Gasteiger partial charge in [-0.1, -0.05) is 19.8 Å². The highest BCUT2D eigenvalue weighted by Crippen LogP contribution is 2.22. The van der Waals surface area contributed by atoms with Crippen LogP contribution in [0.2, 0.25) is 0 Å². The van der Waals surface area contributed by atoms with Crippen molar-refractivity contribution in [3.63, 3.8) is 0 Å². The first-order chi connectivity index (χ1) is 11.1. The number of nitrogens with zero attached hydrogens (tertiary/aromatic N) is 1. The van der Waals surface area contributed by atoms with E-state index in [2.05, 4.69) is 9.97 Å². The Morgan fingerprint density at radius 2 is 1.96 bits per heavy atom. The van der Waals surface area contributed by atoms with E-state index in [-0.39, 0.29) is 0 Å². The number of hydrogen-bond donors (Lipinski definition) is 1. The average molecular weight is 320 g/mol. The van der Waals surface area contributed by atoms with Crippen molar-refractivity contribution >= 4 is 5.78 Å². The summed E-state index contributed by atoms with van der Waals surface area (Å²) in [5, 5.41) is 0. The molecule has 3 nitrogen and oxygen atoms in total. The molecular weight excluding hydrogens is 298 g/mol. The van der Waals surface area contributed by atoms with Gasteiger partial charge in [-0.05, 0) is 25.0 Å². The highest BCUT2D eigenvalue weighted by Gasteiger charge is 2.09. The van der Waals surface area contributed by atoms with Crippen molar-refractivity contribution < 1.29 is 13.6 Å². The Labute approximate surface area is 135 Å². The summed E-state index contributed by atoms with van der Waals surface area (Å²) in [4.78, 5) is 18.5. The van der Waals surface area contributed by atoms with Crippen LogP contribution in [-0.2, 0) is 11.2 Å². The van der Waals surface area contributed by atoms with Crippen LogP contribution in [0.3, 0.4) is 0 Å². The quantitative estimate of drug-likeness (QED) is 0.673. The fraction of sp³-hybridized carbons (Fsp3) is 0.444. The first kappa shape index (κ1) is 17.3. The minimum atomic E-state index is -0.596.